The van der Waals surface area contributed by atoms with Crippen molar-refractivity contribution in [3.05, 3.63) is 23.8 Å². The molecule has 0 atom stereocenters. The van der Waals surface area contributed by atoms with Crippen molar-refractivity contribution in [1.82, 2.24) is 10.2 Å². The van der Waals surface area contributed by atoms with Crippen LogP contribution in [0.2, 0.25) is 0 Å². The second kappa shape index (κ2) is 6.27. The molecule has 108 valence electrons. The first kappa shape index (κ1) is 14.2. The van der Waals surface area contributed by atoms with Crippen LogP contribution in [0.4, 0.5) is 0 Å². The van der Waals surface area contributed by atoms with Gasteiger partial charge in [-0.3, -0.25) is 9.59 Å². The van der Waals surface area contributed by atoms with Gasteiger partial charge in [-0.15, -0.1) is 0 Å². The molecule has 0 aliphatic carbocycles. The quantitative estimate of drug-likeness (QED) is 0.873. The highest BCUT2D eigenvalue weighted by atomic mass is 16.7. The molecule has 1 N–H and O–H groups in total. The highest BCUT2D eigenvalue weighted by Crippen LogP contribution is 2.32. The lowest BCUT2D eigenvalue weighted by molar-refractivity contribution is -0.129. The van der Waals surface area contributed by atoms with Crippen molar-refractivity contribution in [1.29, 1.82) is 0 Å². The van der Waals surface area contributed by atoms with Gasteiger partial charge < -0.3 is 19.7 Å². The number of benzene rings is 1. The van der Waals surface area contributed by atoms with Crippen molar-refractivity contribution >= 4 is 11.8 Å². The summed E-state index contributed by atoms with van der Waals surface area (Å²) in [4.78, 5) is 25.4. The number of nitrogens with one attached hydrogen (secondary N) is 1. The van der Waals surface area contributed by atoms with Gasteiger partial charge >= 0.3 is 0 Å². The van der Waals surface area contributed by atoms with Gasteiger partial charge in [0.05, 0.1) is 6.54 Å². The molecule has 0 saturated heterocycles. The summed E-state index contributed by atoms with van der Waals surface area (Å²) < 4.78 is 10.4. The zero-order valence-corrected chi connectivity index (χ0v) is 11.6. The van der Waals surface area contributed by atoms with Crippen molar-refractivity contribution in [2.24, 2.45) is 0 Å². The van der Waals surface area contributed by atoms with Crippen molar-refractivity contribution in [2.45, 2.75) is 13.8 Å². The van der Waals surface area contributed by atoms with Gasteiger partial charge in [-0.05, 0) is 32.0 Å². The van der Waals surface area contributed by atoms with E-state index in [4.69, 9.17) is 9.47 Å². The van der Waals surface area contributed by atoms with Gasteiger partial charge in [0, 0.05) is 18.7 Å². The molecule has 2 rings (SSSR count). The van der Waals surface area contributed by atoms with Crippen LogP contribution in [0.5, 0.6) is 11.5 Å². The monoisotopic (exact) mass is 278 g/mol. The molecule has 1 aliphatic rings. The third-order valence-corrected chi connectivity index (χ3v) is 3.15. The molecule has 20 heavy (non-hydrogen) atoms. The van der Waals surface area contributed by atoms with Crippen LogP contribution in [0.15, 0.2) is 18.2 Å². The zero-order chi connectivity index (χ0) is 14.5. The summed E-state index contributed by atoms with van der Waals surface area (Å²) >= 11 is 0. The fourth-order valence-electron chi connectivity index (χ4n) is 1.98. The number of carbonyl (C=O) groups excluding carboxylic acids is 2. The Morgan fingerprint density at radius 1 is 1.20 bits per heavy atom. The van der Waals surface area contributed by atoms with Gasteiger partial charge in [-0.2, -0.15) is 0 Å². The van der Waals surface area contributed by atoms with Crippen LogP contribution in [0.1, 0.15) is 24.2 Å². The Balaban J connectivity index is 1.94. The van der Waals surface area contributed by atoms with Crippen molar-refractivity contribution in [2.75, 3.05) is 26.4 Å². The number of hydrogen-bond donors (Lipinski definition) is 1. The normalized spacial score (nSPS) is 12.1. The van der Waals surface area contributed by atoms with Gasteiger partial charge in [-0.25, -0.2) is 0 Å². The Morgan fingerprint density at radius 2 is 1.90 bits per heavy atom. The Kier molecular flexibility index (Phi) is 4.45. The first-order valence-electron chi connectivity index (χ1n) is 6.61. The largest absolute Gasteiger partial charge is 0.454 e. The van der Waals surface area contributed by atoms with Crippen LogP contribution >= 0.6 is 0 Å². The molecule has 6 nitrogen and oxygen atoms in total. The van der Waals surface area contributed by atoms with Gasteiger partial charge in [-0.1, -0.05) is 0 Å². The van der Waals surface area contributed by atoms with Crippen LogP contribution in [-0.2, 0) is 4.79 Å². The maximum atomic E-state index is 12.0. The Hall–Kier alpha value is -2.24. The SMILES string of the molecule is CCN(CC)C(=O)CNC(=O)c1ccc2c(c1)OCO2. The molecule has 0 saturated carbocycles. The minimum atomic E-state index is -0.302. The van der Waals surface area contributed by atoms with E-state index in [1.165, 1.54) is 0 Å². The smallest absolute Gasteiger partial charge is 0.251 e. The fraction of sp³-hybridized carbons (Fsp3) is 0.429. The molecule has 1 aromatic rings. The number of hydrogen-bond acceptors (Lipinski definition) is 4. The second-order valence-electron chi connectivity index (χ2n) is 4.32. The number of fused-ring (bicyclic) bond motifs is 1. The van der Waals surface area contributed by atoms with Crippen LogP contribution in [0, 0.1) is 0 Å². The zero-order valence-electron chi connectivity index (χ0n) is 11.6. The summed E-state index contributed by atoms with van der Waals surface area (Å²) in [5.41, 5.74) is 0.446. The van der Waals surface area contributed by atoms with E-state index < -0.39 is 0 Å². The van der Waals surface area contributed by atoms with Gasteiger partial charge in [0.15, 0.2) is 11.5 Å². The van der Waals surface area contributed by atoms with E-state index in [2.05, 4.69) is 5.32 Å². The second-order valence-corrected chi connectivity index (χ2v) is 4.32. The Bertz CT molecular complexity index is 512. The number of ether oxygens (including phenoxy) is 2. The molecular formula is C14H18N2O4. The molecule has 2 amide bonds. The number of carbonyl (C=O) groups is 2. The van der Waals surface area contributed by atoms with Crippen molar-refractivity contribution < 1.29 is 19.1 Å². The van der Waals surface area contributed by atoms with E-state index in [1.54, 1.807) is 23.1 Å². The average Bonchev–Trinajstić information content (AvgIpc) is 2.93. The number of amides is 2. The lowest BCUT2D eigenvalue weighted by Gasteiger charge is -2.18. The van der Waals surface area contributed by atoms with Gasteiger partial charge in [0.25, 0.3) is 5.91 Å². The molecule has 6 heteroatoms. The predicted octanol–water partition coefficient (Wildman–Crippen LogP) is 1.01. The molecule has 0 aromatic heterocycles. The number of rotatable bonds is 5. The minimum Gasteiger partial charge on any atom is -0.454 e. The van der Waals surface area contributed by atoms with Gasteiger partial charge in [0.1, 0.15) is 0 Å². The highest BCUT2D eigenvalue weighted by Gasteiger charge is 2.17. The molecule has 0 radical (unpaired) electrons. The molecule has 0 unspecified atom stereocenters. The standard InChI is InChI=1S/C14H18N2O4/c1-3-16(4-2)13(17)8-15-14(18)10-5-6-11-12(7-10)20-9-19-11/h5-7H,3-4,8-9H2,1-2H3,(H,15,18). The molecule has 1 aromatic carbocycles. The molecule has 0 spiro atoms. The maximum Gasteiger partial charge on any atom is 0.251 e. The Morgan fingerprint density at radius 3 is 2.60 bits per heavy atom. The van der Waals surface area contributed by atoms with E-state index in [1.807, 2.05) is 13.8 Å². The van der Waals surface area contributed by atoms with E-state index >= 15 is 0 Å². The summed E-state index contributed by atoms with van der Waals surface area (Å²) in [6, 6.07) is 4.94. The lowest BCUT2D eigenvalue weighted by Crippen LogP contribution is -2.39. The lowest BCUT2D eigenvalue weighted by atomic mass is 10.2. The topological polar surface area (TPSA) is 67.9 Å². The summed E-state index contributed by atoms with van der Waals surface area (Å²) in [5.74, 6) is 0.779. The third kappa shape index (κ3) is 3.01. The minimum absolute atomic E-state index is 0.00500. The summed E-state index contributed by atoms with van der Waals surface area (Å²) in [6.45, 7) is 5.24. The van der Waals surface area contributed by atoms with Crippen LogP contribution in [-0.4, -0.2) is 43.1 Å². The van der Waals surface area contributed by atoms with Gasteiger partial charge in [0.2, 0.25) is 12.7 Å². The molecule has 1 aliphatic heterocycles. The summed E-state index contributed by atoms with van der Waals surface area (Å²) in [7, 11) is 0. The first-order valence-corrected chi connectivity index (χ1v) is 6.61. The highest BCUT2D eigenvalue weighted by molar-refractivity contribution is 5.97. The van der Waals surface area contributed by atoms with Crippen LogP contribution in [0.3, 0.4) is 0 Å². The third-order valence-electron chi connectivity index (χ3n) is 3.15. The predicted molar refractivity (Wildman–Crippen MR) is 72.8 cm³/mol. The van der Waals surface area contributed by atoms with E-state index in [-0.39, 0.29) is 25.2 Å². The number of nitrogens with zero attached hydrogens (tertiary/aromatic N) is 1. The van der Waals surface area contributed by atoms with E-state index in [0.717, 1.165) is 0 Å². The Labute approximate surface area is 117 Å². The number of likely N-dealkylation sites (N-methyl/N-ethyl adjacent to an activating group) is 1. The molecular weight excluding hydrogens is 260 g/mol. The summed E-state index contributed by atoms with van der Waals surface area (Å²) in [6.07, 6.45) is 0. The average molecular weight is 278 g/mol. The van der Waals surface area contributed by atoms with Crippen molar-refractivity contribution in [3.63, 3.8) is 0 Å². The van der Waals surface area contributed by atoms with E-state index in [9.17, 15) is 9.59 Å². The first-order chi connectivity index (χ1) is 9.65. The summed E-state index contributed by atoms with van der Waals surface area (Å²) in [5, 5.41) is 2.61. The molecule has 1 heterocycles. The van der Waals surface area contributed by atoms with E-state index in [0.29, 0.717) is 30.2 Å². The molecule has 0 fully saturated rings. The van der Waals surface area contributed by atoms with Crippen molar-refractivity contribution in [3.8, 4) is 11.5 Å². The maximum absolute atomic E-state index is 12.0. The fourth-order valence-corrected chi connectivity index (χ4v) is 1.98. The van der Waals surface area contributed by atoms with Crippen LogP contribution < -0.4 is 14.8 Å². The van der Waals surface area contributed by atoms with Crippen LogP contribution in [0.25, 0.3) is 0 Å². The molecule has 0 bridgehead atoms.